The van der Waals surface area contributed by atoms with Crippen molar-refractivity contribution in [3.8, 4) is 0 Å². The van der Waals surface area contributed by atoms with Crippen LogP contribution in [0.2, 0.25) is 5.15 Å². The number of carbonyl (C=O) groups excluding carboxylic acids is 1. The standard InChI is InChI=1S/C10H12ClN3O/c1-6-2-7(6)3-14-10(15)8-4-13-9(11)5-12-8/h4-7H,2-3H2,1H3,(H,14,15). The molecule has 0 aromatic carbocycles. The molecule has 1 aromatic heterocycles. The molecule has 1 aliphatic rings. The van der Waals surface area contributed by atoms with Crippen LogP contribution < -0.4 is 5.32 Å². The molecule has 0 bridgehead atoms. The summed E-state index contributed by atoms with van der Waals surface area (Å²) in [6.45, 7) is 2.91. The maximum absolute atomic E-state index is 11.5. The van der Waals surface area contributed by atoms with Gasteiger partial charge in [-0.3, -0.25) is 4.79 Å². The van der Waals surface area contributed by atoms with E-state index < -0.39 is 0 Å². The topological polar surface area (TPSA) is 54.9 Å². The second-order valence-corrected chi connectivity index (χ2v) is 4.29. The molecule has 5 heteroatoms. The molecule has 1 aromatic rings. The highest BCUT2D eigenvalue weighted by Gasteiger charge is 2.32. The van der Waals surface area contributed by atoms with Crippen molar-refractivity contribution in [2.75, 3.05) is 6.54 Å². The van der Waals surface area contributed by atoms with E-state index in [9.17, 15) is 4.79 Å². The molecule has 1 heterocycles. The summed E-state index contributed by atoms with van der Waals surface area (Å²) in [4.78, 5) is 19.2. The van der Waals surface area contributed by atoms with Gasteiger partial charge in [-0.05, 0) is 18.3 Å². The molecule has 2 unspecified atom stereocenters. The highest BCUT2D eigenvalue weighted by Crippen LogP contribution is 2.36. The van der Waals surface area contributed by atoms with E-state index in [1.54, 1.807) is 0 Å². The Morgan fingerprint density at radius 2 is 2.33 bits per heavy atom. The second kappa shape index (κ2) is 4.14. The Labute approximate surface area is 93.1 Å². The largest absolute Gasteiger partial charge is 0.350 e. The van der Waals surface area contributed by atoms with Crippen LogP contribution in [-0.4, -0.2) is 22.4 Å². The smallest absolute Gasteiger partial charge is 0.271 e. The van der Waals surface area contributed by atoms with Crippen LogP contribution in [0.15, 0.2) is 12.4 Å². The molecular formula is C10H12ClN3O. The quantitative estimate of drug-likeness (QED) is 0.849. The van der Waals surface area contributed by atoms with E-state index >= 15 is 0 Å². The molecule has 0 spiro atoms. The zero-order valence-corrected chi connectivity index (χ0v) is 9.16. The zero-order valence-electron chi connectivity index (χ0n) is 8.40. The van der Waals surface area contributed by atoms with Gasteiger partial charge in [-0.25, -0.2) is 9.97 Å². The summed E-state index contributed by atoms with van der Waals surface area (Å²) in [6.07, 6.45) is 3.96. The zero-order chi connectivity index (χ0) is 10.8. The van der Waals surface area contributed by atoms with E-state index in [2.05, 4.69) is 22.2 Å². The van der Waals surface area contributed by atoms with Gasteiger partial charge in [0.15, 0.2) is 0 Å². The molecule has 2 atom stereocenters. The van der Waals surface area contributed by atoms with Crippen LogP contribution in [0.4, 0.5) is 0 Å². The van der Waals surface area contributed by atoms with Crippen molar-refractivity contribution in [2.24, 2.45) is 11.8 Å². The Morgan fingerprint density at radius 1 is 1.60 bits per heavy atom. The Balaban J connectivity index is 1.87. The highest BCUT2D eigenvalue weighted by atomic mass is 35.5. The number of carbonyl (C=O) groups is 1. The molecule has 1 fully saturated rings. The number of nitrogens with one attached hydrogen (secondary N) is 1. The van der Waals surface area contributed by atoms with Crippen molar-refractivity contribution in [1.29, 1.82) is 0 Å². The molecule has 2 rings (SSSR count). The first-order valence-electron chi connectivity index (χ1n) is 4.92. The summed E-state index contributed by atoms with van der Waals surface area (Å²) in [5, 5.41) is 3.12. The van der Waals surface area contributed by atoms with Crippen LogP contribution in [0.25, 0.3) is 0 Å². The van der Waals surface area contributed by atoms with Gasteiger partial charge >= 0.3 is 0 Å². The van der Waals surface area contributed by atoms with Gasteiger partial charge in [0.1, 0.15) is 10.8 Å². The van der Waals surface area contributed by atoms with Gasteiger partial charge in [-0.15, -0.1) is 0 Å². The third-order valence-electron chi connectivity index (χ3n) is 2.65. The molecule has 0 saturated heterocycles. The third-order valence-corrected chi connectivity index (χ3v) is 2.85. The van der Waals surface area contributed by atoms with Crippen molar-refractivity contribution in [1.82, 2.24) is 15.3 Å². The molecule has 1 aliphatic carbocycles. The summed E-state index contributed by atoms with van der Waals surface area (Å²) in [7, 11) is 0. The molecule has 1 saturated carbocycles. The van der Waals surface area contributed by atoms with E-state index in [1.165, 1.54) is 18.8 Å². The number of nitrogens with zero attached hydrogens (tertiary/aromatic N) is 2. The van der Waals surface area contributed by atoms with Crippen LogP contribution in [-0.2, 0) is 0 Å². The van der Waals surface area contributed by atoms with Crippen molar-refractivity contribution < 1.29 is 4.79 Å². The lowest BCUT2D eigenvalue weighted by atomic mass is 10.3. The second-order valence-electron chi connectivity index (χ2n) is 3.91. The molecular weight excluding hydrogens is 214 g/mol. The van der Waals surface area contributed by atoms with Gasteiger partial charge in [0.25, 0.3) is 5.91 Å². The Hall–Kier alpha value is -1.16. The third kappa shape index (κ3) is 2.65. The summed E-state index contributed by atoms with van der Waals surface area (Å²) < 4.78 is 0. The molecule has 1 N–H and O–H groups in total. The van der Waals surface area contributed by atoms with Crippen LogP contribution in [0.1, 0.15) is 23.8 Å². The van der Waals surface area contributed by atoms with Gasteiger partial charge in [0.2, 0.25) is 0 Å². The molecule has 0 aliphatic heterocycles. The van der Waals surface area contributed by atoms with Crippen molar-refractivity contribution in [2.45, 2.75) is 13.3 Å². The minimum absolute atomic E-state index is 0.182. The van der Waals surface area contributed by atoms with E-state index in [1.807, 2.05) is 0 Å². The van der Waals surface area contributed by atoms with E-state index in [4.69, 9.17) is 11.6 Å². The van der Waals surface area contributed by atoms with Gasteiger partial charge in [-0.1, -0.05) is 18.5 Å². The lowest BCUT2D eigenvalue weighted by Crippen LogP contribution is -2.26. The predicted molar refractivity (Wildman–Crippen MR) is 56.6 cm³/mol. The lowest BCUT2D eigenvalue weighted by Gasteiger charge is -2.02. The maximum Gasteiger partial charge on any atom is 0.271 e. The average molecular weight is 226 g/mol. The Kier molecular flexibility index (Phi) is 2.86. The van der Waals surface area contributed by atoms with Crippen LogP contribution in [0, 0.1) is 11.8 Å². The number of aromatic nitrogens is 2. The number of amides is 1. The van der Waals surface area contributed by atoms with Gasteiger partial charge < -0.3 is 5.32 Å². The molecule has 80 valence electrons. The molecule has 15 heavy (non-hydrogen) atoms. The number of hydrogen-bond donors (Lipinski definition) is 1. The number of rotatable bonds is 3. The fourth-order valence-electron chi connectivity index (χ4n) is 1.43. The predicted octanol–water partition coefficient (Wildman–Crippen LogP) is 1.52. The summed E-state index contributed by atoms with van der Waals surface area (Å²) >= 11 is 5.57. The average Bonchev–Trinajstić information content (AvgIpc) is 2.92. The Morgan fingerprint density at radius 3 is 2.87 bits per heavy atom. The normalized spacial score (nSPS) is 23.6. The SMILES string of the molecule is CC1CC1CNC(=O)c1cnc(Cl)cn1. The molecule has 4 nitrogen and oxygen atoms in total. The number of hydrogen-bond acceptors (Lipinski definition) is 3. The minimum atomic E-state index is -0.182. The van der Waals surface area contributed by atoms with Crippen LogP contribution >= 0.6 is 11.6 Å². The Bertz CT molecular complexity index is 365. The monoisotopic (exact) mass is 225 g/mol. The van der Waals surface area contributed by atoms with E-state index in [0.717, 1.165) is 12.5 Å². The fraction of sp³-hybridized carbons (Fsp3) is 0.500. The first-order valence-corrected chi connectivity index (χ1v) is 5.30. The summed E-state index contributed by atoms with van der Waals surface area (Å²) in [5.74, 6) is 1.19. The van der Waals surface area contributed by atoms with Gasteiger partial charge in [0, 0.05) is 6.54 Å². The van der Waals surface area contributed by atoms with Gasteiger partial charge in [-0.2, -0.15) is 0 Å². The van der Waals surface area contributed by atoms with Crippen molar-refractivity contribution in [3.63, 3.8) is 0 Å². The summed E-state index contributed by atoms with van der Waals surface area (Å²) in [6, 6.07) is 0. The lowest BCUT2D eigenvalue weighted by molar-refractivity contribution is 0.0946. The van der Waals surface area contributed by atoms with E-state index in [0.29, 0.717) is 16.8 Å². The van der Waals surface area contributed by atoms with Crippen LogP contribution in [0.3, 0.4) is 0 Å². The minimum Gasteiger partial charge on any atom is -0.350 e. The van der Waals surface area contributed by atoms with Crippen molar-refractivity contribution in [3.05, 3.63) is 23.2 Å². The highest BCUT2D eigenvalue weighted by molar-refractivity contribution is 6.29. The molecule has 0 radical (unpaired) electrons. The fourth-order valence-corrected chi connectivity index (χ4v) is 1.52. The first-order chi connectivity index (χ1) is 7.16. The van der Waals surface area contributed by atoms with E-state index in [-0.39, 0.29) is 5.91 Å². The first kappa shape index (κ1) is 10.4. The van der Waals surface area contributed by atoms with Gasteiger partial charge in [0.05, 0.1) is 12.4 Å². The van der Waals surface area contributed by atoms with Crippen LogP contribution in [0.5, 0.6) is 0 Å². The molecule has 1 amide bonds. The van der Waals surface area contributed by atoms with Crippen molar-refractivity contribution >= 4 is 17.5 Å². The number of halogens is 1. The summed E-state index contributed by atoms with van der Waals surface area (Å²) in [5.41, 5.74) is 0.313. The maximum atomic E-state index is 11.5.